The Morgan fingerprint density at radius 1 is 1.46 bits per heavy atom. The fraction of sp³-hybridized carbons (Fsp3) is 0.300. The molecule has 0 heterocycles. The molecular formula is C10H10ClFO. The van der Waals surface area contributed by atoms with Gasteiger partial charge in [-0.15, -0.1) is 11.6 Å². The van der Waals surface area contributed by atoms with E-state index in [4.69, 9.17) is 14.3 Å². The van der Waals surface area contributed by atoms with Crippen molar-refractivity contribution < 1.29 is 11.9 Å². The van der Waals surface area contributed by atoms with Crippen LogP contribution in [-0.4, -0.2) is 11.7 Å². The van der Waals surface area contributed by atoms with Gasteiger partial charge < -0.3 is 0 Å². The Morgan fingerprint density at radius 3 is 2.62 bits per heavy atom. The van der Waals surface area contributed by atoms with Crippen LogP contribution in [0.3, 0.4) is 0 Å². The Kier molecular flexibility index (Phi) is 2.87. The third-order valence-corrected chi connectivity index (χ3v) is 1.68. The van der Waals surface area contributed by atoms with Crippen molar-refractivity contribution in [2.24, 2.45) is 0 Å². The van der Waals surface area contributed by atoms with Crippen LogP contribution >= 0.6 is 11.6 Å². The van der Waals surface area contributed by atoms with E-state index >= 15 is 0 Å². The van der Waals surface area contributed by atoms with Gasteiger partial charge in [0, 0.05) is 20.6 Å². The Bertz CT molecular complexity index is 351. The zero-order chi connectivity index (χ0) is 11.5. The zero-order valence-electron chi connectivity index (χ0n) is 8.89. The topological polar surface area (TPSA) is 17.1 Å². The van der Waals surface area contributed by atoms with Crippen molar-refractivity contribution in [3.63, 3.8) is 0 Å². The Hall–Kier alpha value is -0.890. The highest BCUT2D eigenvalue weighted by atomic mass is 35.5. The number of benzene rings is 1. The zero-order valence-corrected chi connectivity index (χ0v) is 7.64. The van der Waals surface area contributed by atoms with Crippen LogP contribution in [0.25, 0.3) is 0 Å². The predicted octanol–water partition coefficient (Wildman–Crippen LogP) is 3.03. The monoisotopic (exact) mass is 202 g/mol. The quantitative estimate of drug-likeness (QED) is 0.542. The summed E-state index contributed by atoms with van der Waals surface area (Å²) in [7, 11) is 0. The summed E-state index contributed by atoms with van der Waals surface area (Å²) >= 11 is 5.39. The fourth-order valence-corrected chi connectivity index (χ4v) is 0.959. The number of carbonyl (C=O) groups is 1. The van der Waals surface area contributed by atoms with Gasteiger partial charge in [0.2, 0.25) is 0 Å². The first-order valence-corrected chi connectivity index (χ1v) is 4.37. The fourth-order valence-electron chi connectivity index (χ4n) is 0.864. The highest BCUT2D eigenvalue weighted by Crippen LogP contribution is 2.07. The average molecular weight is 203 g/mol. The number of halogens is 2. The molecule has 13 heavy (non-hydrogen) atoms. The second-order valence-electron chi connectivity index (χ2n) is 2.45. The predicted molar refractivity (Wildman–Crippen MR) is 50.7 cm³/mol. The molecule has 0 fully saturated rings. The van der Waals surface area contributed by atoms with Gasteiger partial charge in [-0.1, -0.05) is 0 Å². The highest BCUT2D eigenvalue weighted by Gasteiger charge is 2.04. The first kappa shape index (κ1) is 7.51. The van der Waals surface area contributed by atoms with Crippen molar-refractivity contribution in [1.29, 1.82) is 0 Å². The molecule has 1 nitrogen and oxygen atoms in total. The van der Waals surface area contributed by atoms with E-state index in [1.807, 2.05) is 0 Å². The van der Waals surface area contributed by atoms with Crippen LogP contribution in [0, 0.1) is 5.82 Å². The van der Waals surface area contributed by atoms with E-state index in [2.05, 4.69) is 0 Å². The number of alkyl halides is 1. The first-order chi connectivity index (χ1) is 6.97. The summed E-state index contributed by atoms with van der Waals surface area (Å²) in [5.74, 6) is -1.05. The Morgan fingerprint density at radius 2 is 2.08 bits per heavy atom. The molecule has 0 unspecified atom stereocenters. The third-order valence-electron chi connectivity index (χ3n) is 1.49. The van der Waals surface area contributed by atoms with E-state index in [-0.39, 0.29) is 17.9 Å². The van der Waals surface area contributed by atoms with Gasteiger partial charge in [-0.25, -0.2) is 4.39 Å². The van der Waals surface area contributed by atoms with Crippen LogP contribution in [0.1, 0.15) is 25.9 Å². The molecule has 0 amide bonds. The molecule has 0 aliphatic rings. The van der Waals surface area contributed by atoms with Crippen LogP contribution < -0.4 is 0 Å². The maximum atomic E-state index is 12.6. The van der Waals surface area contributed by atoms with Crippen LogP contribution in [-0.2, 0) is 0 Å². The second-order valence-corrected chi connectivity index (χ2v) is 2.83. The molecule has 0 aliphatic heterocycles. The maximum absolute atomic E-state index is 12.6. The molecule has 0 bridgehead atoms. The van der Waals surface area contributed by atoms with E-state index in [0.29, 0.717) is 0 Å². The standard InChI is InChI=1S/C10H10ClFO/c11-7-1-2-10(13)8-3-5-9(12)6-4-8/h3-6H,1-2,7H2/i2D2. The number of hydrogen-bond acceptors (Lipinski definition) is 1. The van der Waals surface area contributed by atoms with Gasteiger partial charge in [0.1, 0.15) is 5.82 Å². The minimum atomic E-state index is -1.99. The van der Waals surface area contributed by atoms with Gasteiger partial charge in [0.25, 0.3) is 0 Å². The molecule has 1 rings (SSSR count). The van der Waals surface area contributed by atoms with E-state index < -0.39 is 18.0 Å². The highest BCUT2D eigenvalue weighted by molar-refractivity contribution is 6.18. The van der Waals surface area contributed by atoms with E-state index in [1.165, 1.54) is 12.1 Å². The number of rotatable bonds is 4. The lowest BCUT2D eigenvalue weighted by molar-refractivity contribution is 0.0982. The minimum Gasteiger partial charge on any atom is -0.294 e. The van der Waals surface area contributed by atoms with Crippen LogP contribution in [0.2, 0.25) is 0 Å². The largest absolute Gasteiger partial charge is 0.294 e. The third kappa shape index (κ3) is 3.15. The molecule has 1 aromatic carbocycles. The summed E-state index contributed by atoms with van der Waals surface area (Å²) < 4.78 is 27.5. The van der Waals surface area contributed by atoms with E-state index in [1.54, 1.807) is 0 Å². The van der Waals surface area contributed by atoms with Gasteiger partial charge in [-0.2, -0.15) is 0 Å². The minimum absolute atomic E-state index is 0.0508. The lowest BCUT2D eigenvalue weighted by Gasteiger charge is -1.98. The van der Waals surface area contributed by atoms with Crippen LogP contribution in [0.4, 0.5) is 4.39 Å². The first-order valence-electron chi connectivity index (χ1n) is 4.84. The summed E-state index contributed by atoms with van der Waals surface area (Å²) in [5.41, 5.74) is 0.159. The van der Waals surface area contributed by atoms with Crippen molar-refractivity contribution in [3.05, 3.63) is 35.6 Å². The van der Waals surface area contributed by atoms with Gasteiger partial charge in [-0.05, 0) is 30.7 Å². The number of ketones is 1. The Labute approximate surface area is 84.3 Å². The lowest BCUT2D eigenvalue weighted by atomic mass is 10.1. The van der Waals surface area contributed by atoms with Gasteiger partial charge in [0.05, 0.1) is 0 Å². The molecule has 0 atom stereocenters. The van der Waals surface area contributed by atoms with Gasteiger partial charge >= 0.3 is 0 Å². The van der Waals surface area contributed by atoms with Gasteiger partial charge in [0.15, 0.2) is 5.78 Å². The Balaban J connectivity index is 2.89. The van der Waals surface area contributed by atoms with E-state index in [9.17, 15) is 9.18 Å². The molecule has 0 radical (unpaired) electrons. The molecule has 3 heteroatoms. The second kappa shape index (κ2) is 4.97. The molecule has 0 aromatic heterocycles. The molecule has 0 saturated carbocycles. The van der Waals surface area contributed by atoms with Crippen molar-refractivity contribution >= 4 is 17.4 Å². The maximum Gasteiger partial charge on any atom is 0.162 e. The SMILES string of the molecule is [2H]C([2H])(CCCl)C(=O)c1ccc(F)cc1. The summed E-state index contributed by atoms with van der Waals surface area (Å²) in [4.78, 5) is 11.6. The number of carbonyl (C=O) groups excluding carboxylic acids is 1. The number of Topliss-reactive ketones (excluding diaryl/α,β-unsaturated/α-hetero) is 1. The summed E-state index contributed by atoms with van der Waals surface area (Å²) in [6.07, 6.45) is -2.04. The van der Waals surface area contributed by atoms with Crippen molar-refractivity contribution in [2.75, 3.05) is 5.88 Å². The van der Waals surface area contributed by atoms with Crippen LogP contribution in [0.15, 0.2) is 24.3 Å². The van der Waals surface area contributed by atoms with Crippen LogP contribution in [0.5, 0.6) is 0 Å². The van der Waals surface area contributed by atoms with Gasteiger partial charge in [-0.3, -0.25) is 4.79 Å². The lowest BCUT2D eigenvalue weighted by Crippen LogP contribution is -1.98. The smallest absolute Gasteiger partial charge is 0.162 e. The molecule has 0 spiro atoms. The van der Waals surface area contributed by atoms with Crippen molar-refractivity contribution in [3.8, 4) is 0 Å². The molecule has 70 valence electrons. The molecule has 0 aliphatic carbocycles. The molecule has 0 N–H and O–H groups in total. The molecule has 0 saturated heterocycles. The number of hydrogen-bond donors (Lipinski definition) is 0. The summed E-state index contributed by atoms with van der Waals surface area (Å²) in [6, 6.07) is 4.79. The summed E-state index contributed by atoms with van der Waals surface area (Å²) in [6.45, 7) is 0. The normalized spacial score (nSPS) is 13.4. The van der Waals surface area contributed by atoms with E-state index in [0.717, 1.165) is 12.1 Å². The summed E-state index contributed by atoms with van der Waals surface area (Å²) in [5, 5.41) is 0. The molecular weight excluding hydrogens is 191 g/mol. The average Bonchev–Trinajstić information content (AvgIpc) is 2.18. The molecule has 1 aromatic rings. The van der Waals surface area contributed by atoms with Crippen molar-refractivity contribution in [2.45, 2.75) is 12.8 Å². The van der Waals surface area contributed by atoms with Crippen molar-refractivity contribution in [1.82, 2.24) is 0 Å².